The van der Waals surface area contributed by atoms with E-state index in [4.69, 9.17) is 0 Å². The molecule has 2 aromatic carbocycles. The summed E-state index contributed by atoms with van der Waals surface area (Å²) in [7, 11) is -2.50. The summed E-state index contributed by atoms with van der Waals surface area (Å²) >= 11 is 3.32. The van der Waals surface area contributed by atoms with Gasteiger partial charge in [0.2, 0.25) is 0 Å². The van der Waals surface area contributed by atoms with Gasteiger partial charge in [0.25, 0.3) is 10.0 Å². The Hall–Kier alpha value is -1.40. The number of hydrogen-bond donors (Lipinski definition) is 0. The molecule has 6 heteroatoms. The highest BCUT2D eigenvalue weighted by Gasteiger charge is 2.25. The van der Waals surface area contributed by atoms with E-state index in [9.17, 15) is 12.8 Å². The third-order valence-corrected chi connectivity index (χ3v) is 5.27. The number of hydrogen-bond acceptors (Lipinski definition) is 2. The maximum Gasteiger partial charge on any atom is 0.266 e. The van der Waals surface area contributed by atoms with Crippen molar-refractivity contribution in [1.82, 2.24) is 0 Å². The summed E-state index contributed by atoms with van der Waals surface area (Å²) in [4.78, 5) is -0.329. The molecule has 0 fully saturated rings. The van der Waals surface area contributed by atoms with Gasteiger partial charge in [-0.2, -0.15) is 0 Å². The van der Waals surface area contributed by atoms with E-state index in [1.807, 2.05) is 6.07 Å². The zero-order chi connectivity index (χ0) is 14.9. The minimum Gasteiger partial charge on any atom is -0.269 e. The van der Waals surface area contributed by atoms with E-state index in [0.29, 0.717) is 5.69 Å². The Bertz CT molecular complexity index is 747. The van der Waals surface area contributed by atoms with Crippen LogP contribution in [0.5, 0.6) is 0 Å². The Labute approximate surface area is 126 Å². The molecule has 0 spiro atoms. The lowest BCUT2D eigenvalue weighted by molar-refractivity contribution is 0.566. The van der Waals surface area contributed by atoms with Crippen LogP contribution in [0, 0.1) is 12.7 Å². The molecular weight excluding hydrogens is 345 g/mol. The van der Waals surface area contributed by atoms with Crippen molar-refractivity contribution in [3.8, 4) is 0 Å². The van der Waals surface area contributed by atoms with Crippen molar-refractivity contribution in [3.63, 3.8) is 0 Å². The lowest BCUT2D eigenvalue weighted by atomic mass is 10.2. The quantitative estimate of drug-likeness (QED) is 0.839. The third kappa shape index (κ3) is 2.71. The molecule has 2 aromatic rings. The van der Waals surface area contributed by atoms with Gasteiger partial charge in [0.15, 0.2) is 0 Å². The topological polar surface area (TPSA) is 37.4 Å². The van der Waals surface area contributed by atoms with Gasteiger partial charge in [0.1, 0.15) is 10.7 Å². The molecule has 0 aliphatic carbocycles. The number of nitrogens with zero attached hydrogens (tertiary/aromatic N) is 1. The highest BCUT2D eigenvalue weighted by molar-refractivity contribution is 9.10. The van der Waals surface area contributed by atoms with Crippen molar-refractivity contribution in [2.24, 2.45) is 0 Å². The molecule has 0 aromatic heterocycles. The summed E-state index contributed by atoms with van der Waals surface area (Å²) in [6, 6.07) is 10.6. The fourth-order valence-corrected chi connectivity index (χ4v) is 3.70. The van der Waals surface area contributed by atoms with E-state index in [1.165, 1.54) is 25.2 Å². The second-order valence-electron chi connectivity index (χ2n) is 4.33. The monoisotopic (exact) mass is 357 g/mol. The lowest BCUT2D eigenvalue weighted by Gasteiger charge is -2.21. The van der Waals surface area contributed by atoms with E-state index >= 15 is 0 Å². The lowest BCUT2D eigenvalue weighted by Crippen LogP contribution is -2.28. The number of aryl methyl sites for hydroxylation is 1. The predicted octanol–water partition coefficient (Wildman–Crippen LogP) is 3.72. The zero-order valence-electron chi connectivity index (χ0n) is 11.0. The third-order valence-electron chi connectivity index (χ3n) is 2.97. The van der Waals surface area contributed by atoms with E-state index in [-0.39, 0.29) is 4.90 Å². The molecular formula is C14H13BrFNO2S. The van der Waals surface area contributed by atoms with E-state index in [1.54, 1.807) is 19.1 Å². The largest absolute Gasteiger partial charge is 0.269 e. The first-order valence-corrected chi connectivity index (χ1v) is 8.07. The predicted molar refractivity (Wildman–Crippen MR) is 80.9 cm³/mol. The number of sulfonamides is 1. The van der Waals surface area contributed by atoms with E-state index in [0.717, 1.165) is 20.4 Å². The minimum absolute atomic E-state index is 0.329. The normalized spacial score (nSPS) is 11.4. The Balaban J connectivity index is 2.52. The summed E-state index contributed by atoms with van der Waals surface area (Å²) in [6.07, 6.45) is 0. The second-order valence-corrected chi connectivity index (χ2v) is 7.19. The van der Waals surface area contributed by atoms with Crippen molar-refractivity contribution in [1.29, 1.82) is 0 Å². The highest BCUT2D eigenvalue weighted by atomic mass is 79.9. The van der Waals surface area contributed by atoms with Gasteiger partial charge < -0.3 is 0 Å². The Morgan fingerprint density at radius 3 is 2.40 bits per heavy atom. The van der Waals surface area contributed by atoms with Crippen molar-refractivity contribution in [2.75, 3.05) is 11.4 Å². The molecule has 3 nitrogen and oxygen atoms in total. The molecule has 2 rings (SSSR count). The van der Waals surface area contributed by atoms with E-state index < -0.39 is 15.8 Å². The zero-order valence-corrected chi connectivity index (χ0v) is 13.4. The average molecular weight is 358 g/mol. The fourth-order valence-electron chi connectivity index (χ4n) is 1.90. The molecule has 0 N–H and O–H groups in total. The second kappa shape index (κ2) is 5.54. The van der Waals surface area contributed by atoms with Gasteiger partial charge in [-0.1, -0.05) is 28.1 Å². The van der Waals surface area contributed by atoms with Gasteiger partial charge in [0.05, 0.1) is 5.69 Å². The average Bonchev–Trinajstić information content (AvgIpc) is 2.38. The highest BCUT2D eigenvalue weighted by Crippen LogP contribution is 2.28. The Morgan fingerprint density at radius 2 is 1.80 bits per heavy atom. The molecule has 0 radical (unpaired) electrons. The van der Waals surface area contributed by atoms with Crippen LogP contribution in [0.1, 0.15) is 5.56 Å². The fraction of sp³-hybridized carbons (Fsp3) is 0.143. The molecule has 0 saturated carbocycles. The molecule has 0 aliphatic rings. The first-order valence-electron chi connectivity index (χ1n) is 5.83. The number of halogens is 2. The van der Waals surface area contributed by atoms with Crippen LogP contribution < -0.4 is 4.31 Å². The van der Waals surface area contributed by atoms with Crippen LogP contribution in [0.15, 0.2) is 51.8 Å². The van der Waals surface area contributed by atoms with Crippen LogP contribution in [0.2, 0.25) is 0 Å². The number of benzene rings is 2. The number of anilines is 1. The molecule has 0 bridgehead atoms. The molecule has 20 heavy (non-hydrogen) atoms. The molecule has 106 valence electrons. The summed E-state index contributed by atoms with van der Waals surface area (Å²) in [5.41, 5.74) is 1.29. The summed E-state index contributed by atoms with van der Waals surface area (Å²) in [6.45, 7) is 1.80. The van der Waals surface area contributed by atoms with Crippen LogP contribution in [0.25, 0.3) is 0 Å². The van der Waals surface area contributed by atoms with Crippen LogP contribution in [-0.2, 0) is 10.0 Å². The molecule has 0 amide bonds. The van der Waals surface area contributed by atoms with Crippen LogP contribution in [0.4, 0.5) is 10.1 Å². The molecule has 0 aliphatic heterocycles. The van der Waals surface area contributed by atoms with Crippen LogP contribution >= 0.6 is 15.9 Å². The molecule has 0 heterocycles. The molecule has 0 unspecified atom stereocenters. The Kier molecular flexibility index (Phi) is 4.15. The molecule has 0 atom stereocenters. The smallest absolute Gasteiger partial charge is 0.266 e. The summed E-state index contributed by atoms with van der Waals surface area (Å²) in [5.74, 6) is -0.755. The van der Waals surface area contributed by atoms with Crippen LogP contribution in [-0.4, -0.2) is 15.5 Å². The van der Waals surface area contributed by atoms with Gasteiger partial charge in [-0.25, -0.2) is 12.8 Å². The SMILES string of the molecule is Cc1cc(Br)ccc1N(C)S(=O)(=O)c1ccccc1F. The molecule has 0 saturated heterocycles. The van der Waals surface area contributed by atoms with Gasteiger partial charge in [-0.15, -0.1) is 0 Å². The van der Waals surface area contributed by atoms with Crippen molar-refractivity contribution < 1.29 is 12.8 Å². The van der Waals surface area contributed by atoms with Crippen LogP contribution in [0.3, 0.4) is 0 Å². The summed E-state index contributed by atoms with van der Waals surface area (Å²) in [5, 5.41) is 0. The number of rotatable bonds is 3. The standard InChI is InChI=1S/C14H13BrFNO2S/c1-10-9-11(15)7-8-13(10)17(2)20(18,19)14-6-4-3-5-12(14)16/h3-9H,1-2H3. The minimum atomic E-state index is -3.92. The van der Waals surface area contributed by atoms with Crippen molar-refractivity contribution >= 4 is 31.6 Å². The maximum atomic E-state index is 13.7. The van der Waals surface area contributed by atoms with Gasteiger partial charge in [-0.3, -0.25) is 4.31 Å². The summed E-state index contributed by atoms with van der Waals surface area (Å²) < 4.78 is 40.6. The first-order chi connectivity index (χ1) is 9.34. The van der Waals surface area contributed by atoms with Gasteiger partial charge >= 0.3 is 0 Å². The van der Waals surface area contributed by atoms with Gasteiger partial charge in [0, 0.05) is 11.5 Å². The maximum absolute atomic E-state index is 13.7. The van der Waals surface area contributed by atoms with E-state index in [2.05, 4.69) is 15.9 Å². The first kappa shape index (κ1) is 15.0. The van der Waals surface area contributed by atoms with Crippen molar-refractivity contribution in [2.45, 2.75) is 11.8 Å². The van der Waals surface area contributed by atoms with Gasteiger partial charge in [-0.05, 0) is 42.8 Å². The Morgan fingerprint density at radius 1 is 1.15 bits per heavy atom. The van der Waals surface area contributed by atoms with Crippen molar-refractivity contribution in [3.05, 3.63) is 58.3 Å².